The smallest absolute Gasteiger partial charge is 0.227 e. The van der Waals surface area contributed by atoms with Crippen molar-refractivity contribution in [3.63, 3.8) is 0 Å². The number of fused-ring (bicyclic) bond motifs is 1. The molecule has 0 bridgehead atoms. The first-order valence-electron chi connectivity index (χ1n) is 11.7. The van der Waals surface area contributed by atoms with Gasteiger partial charge in [-0.1, -0.05) is 36.0 Å². The maximum absolute atomic E-state index is 12.9. The monoisotopic (exact) mass is 498 g/mol. The van der Waals surface area contributed by atoms with Crippen LogP contribution in [0.5, 0.6) is 0 Å². The molecular weight excluding hydrogens is 468 g/mol. The molecule has 7 nitrogen and oxygen atoms in total. The fourth-order valence-electron chi connectivity index (χ4n) is 4.79. The lowest BCUT2D eigenvalue weighted by Crippen LogP contribution is -2.49. The molecule has 0 saturated carbocycles. The van der Waals surface area contributed by atoms with Gasteiger partial charge in [0.05, 0.1) is 24.0 Å². The van der Waals surface area contributed by atoms with E-state index in [9.17, 15) is 13.2 Å². The number of amidine groups is 1. The summed E-state index contributed by atoms with van der Waals surface area (Å²) in [6.07, 6.45) is 0.390. The summed E-state index contributed by atoms with van der Waals surface area (Å²) in [7, 11) is -2.94. The van der Waals surface area contributed by atoms with Crippen LogP contribution in [0.4, 0.5) is 11.4 Å². The summed E-state index contributed by atoms with van der Waals surface area (Å²) in [5.74, 6) is 0.512. The molecule has 0 unspecified atom stereocenters. The van der Waals surface area contributed by atoms with E-state index < -0.39 is 9.84 Å². The molecule has 1 N–H and O–H groups in total. The van der Waals surface area contributed by atoms with Gasteiger partial charge in [-0.05, 0) is 48.7 Å². The standard InChI is InChI=1S/C25H30N4O3S2/c1-17-3-4-18(2)22(13-17)28-9-11-29(12-10-28)24(30)14-19-5-7-20(8-6-19)26-25-27-21-15-34(31,32)16-23(21)33-25/h3-8,13,21,23H,9-12,14-16H2,1-2H3,(H,26,27)/t21-,23+/m0/s1. The largest absolute Gasteiger partial charge is 0.368 e. The number of hydrogen-bond donors (Lipinski definition) is 1. The Morgan fingerprint density at radius 2 is 1.79 bits per heavy atom. The third kappa shape index (κ3) is 5.10. The van der Waals surface area contributed by atoms with E-state index in [2.05, 4.69) is 47.3 Å². The molecule has 0 aromatic heterocycles. The summed E-state index contributed by atoms with van der Waals surface area (Å²) in [5, 5.41) is 4.09. The number of anilines is 2. The highest BCUT2D eigenvalue weighted by atomic mass is 32.2. The Hall–Kier alpha value is -2.52. The zero-order valence-corrected chi connectivity index (χ0v) is 21.2. The third-order valence-corrected chi connectivity index (χ3v) is 9.86. The quantitative estimate of drug-likeness (QED) is 0.698. The van der Waals surface area contributed by atoms with Crippen molar-refractivity contribution in [2.45, 2.75) is 31.6 Å². The lowest BCUT2D eigenvalue weighted by atomic mass is 10.1. The summed E-state index contributed by atoms with van der Waals surface area (Å²) in [6, 6.07) is 14.2. The molecule has 2 fully saturated rings. The Balaban J connectivity index is 1.12. The molecule has 180 valence electrons. The van der Waals surface area contributed by atoms with E-state index in [4.69, 9.17) is 0 Å². The van der Waals surface area contributed by atoms with Gasteiger partial charge in [0.2, 0.25) is 5.91 Å². The van der Waals surface area contributed by atoms with Crippen molar-refractivity contribution < 1.29 is 13.2 Å². The molecule has 1 amide bonds. The fraction of sp³-hybridized carbons (Fsp3) is 0.440. The number of aliphatic imine (C=N–C) groups is 1. The van der Waals surface area contributed by atoms with Crippen LogP contribution in [0.25, 0.3) is 0 Å². The van der Waals surface area contributed by atoms with Crippen LogP contribution in [0, 0.1) is 13.8 Å². The van der Waals surface area contributed by atoms with Gasteiger partial charge in [0, 0.05) is 42.8 Å². The summed E-state index contributed by atoms with van der Waals surface area (Å²) >= 11 is 1.51. The summed E-state index contributed by atoms with van der Waals surface area (Å²) in [4.78, 5) is 21.8. The Morgan fingerprint density at radius 3 is 2.50 bits per heavy atom. The minimum atomic E-state index is -2.94. The Morgan fingerprint density at radius 1 is 1.06 bits per heavy atom. The van der Waals surface area contributed by atoms with E-state index in [0.29, 0.717) is 6.42 Å². The van der Waals surface area contributed by atoms with Gasteiger partial charge in [0.25, 0.3) is 0 Å². The Kier molecular flexibility index (Phi) is 6.33. The lowest BCUT2D eigenvalue weighted by molar-refractivity contribution is -0.130. The second-order valence-corrected chi connectivity index (χ2v) is 12.8. The molecule has 3 heterocycles. The lowest BCUT2D eigenvalue weighted by Gasteiger charge is -2.37. The molecule has 2 atom stereocenters. The van der Waals surface area contributed by atoms with Crippen LogP contribution in [0.3, 0.4) is 0 Å². The van der Waals surface area contributed by atoms with Crippen molar-refractivity contribution >= 4 is 44.0 Å². The van der Waals surface area contributed by atoms with Crippen molar-refractivity contribution in [1.29, 1.82) is 0 Å². The number of carbonyl (C=O) groups is 1. The van der Waals surface area contributed by atoms with Crippen LogP contribution in [0.2, 0.25) is 0 Å². The average molecular weight is 499 g/mol. The summed E-state index contributed by atoms with van der Waals surface area (Å²) < 4.78 is 23.4. The maximum Gasteiger partial charge on any atom is 0.227 e. The van der Waals surface area contributed by atoms with E-state index in [1.165, 1.54) is 28.6 Å². The highest BCUT2D eigenvalue weighted by Gasteiger charge is 2.42. The molecule has 9 heteroatoms. The van der Waals surface area contributed by atoms with Crippen LogP contribution >= 0.6 is 11.8 Å². The average Bonchev–Trinajstić information content (AvgIpc) is 3.29. The van der Waals surface area contributed by atoms with Gasteiger partial charge in [-0.2, -0.15) is 0 Å². The predicted molar refractivity (Wildman–Crippen MR) is 140 cm³/mol. The number of aryl methyl sites for hydroxylation is 2. The molecule has 3 aliphatic heterocycles. The molecule has 2 saturated heterocycles. The van der Waals surface area contributed by atoms with Gasteiger partial charge in [-0.15, -0.1) is 0 Å². The number of amides is 1. The Bertz CT molecular complexity index is 1220. The summed E-state index contributed by atoms with van der Waals surface area (Å²) in [6.45, 7) is 7.42. The number of nitrogens with zero attached hydrogens (tertiary/aromatic N) is 3. The van der Waals surface area contributed by atoms with Crippen LogP contribution in [0.15, 0.2) is 47.5 Å². The minimum Gasteiger partial charge on any atom is -0.368 e. The summed E-state index contributed by atoms with van der Waals surface area (Å²) in [5.41, 5.74) is 5.68. The van der Waals surface area contributed by atoms with Crippen molar-refractivity contribution in [1.82, 2.24) is 4.90 Å². The zero-order valence-electron chi connectivity index (χ0n) is 19.5. The number of rotatable bonds is 4. The first-order valence-corrected chi connectivity index (χ1v) is 14.4. The third-order valence-electron chi connectivity index (χ3n) is 6.72. The number of sulfone groups is 1. The topological polar surface area (TPSA) is 82.1 Å². The van der Waals surface area contributed by atoms with Crippen LogP contribution in [-0.2, 0) is 21.1 Å². The highest BCUT2D eigenvalue weighted by molar-refractivity contribution is 8.15. The van der Waals surface area contributed by atoms with Crippen molar-refractivity contribution in [2.24, 2.45) is 4.99 Å². The van der Waals surface area contributed by atoms with Gasteiger partial charge >= 0.3 is 0 Å². The predicted octanol–water partition coefficient (Wildman–Crippen LogP) is 2.88. The van der Waals surface area contributed by atoms with Crippen molar-refractivity contribution in [3.8, 4) is 0 Å². The van der Waals surface area contributed by atoms with Crippen LogP contribution in [-0.4, -0.2) is 73.4 Å². The molecule has 0 aliphatic carbocycles. The van der Waals surface area contributed by atoms with E-state index in [0.717, 1.165) is 42.6 Å². The molecule has 2 aromatic rings. The SMILES string of the molecule is Cc1ccc(C)c(N2CCN(C(=O)Cc3ccc(NC4=N[C@H]5CS(=O)(=O)C[C@H]5S4)cc3)CC2)c1. The number of hydrogen-bond acceptors (Lipinski definition) is 7. The number of carbonyl (C=O) groups excluding carboxylic acids is 1. The second kappa shape index (κ2) is 9.26. The van der Waals surface area contributed by atoms with Crippen LogP contribution in [0.1, 0.15) is 16.7 Å². The zero-order chi connectivity index (χ0) is 23.9. The number of piperazine rings is 1. The number of thioether (sulfide) groups is 1. The maximum atomic E-state index is 12.9. The second-order valence-electron chi connectivity index (χ2n) is 9.39. The molecule has 2 aromatic carbocycles. The van der Waals surface area contributed by atoms with Crippen molar-refractivity contribution in [3.05, 3.63) is 59.2 Å². The molecule has 3 aliphatic rings. The molecular formula is C25H30N4O3S2. The van der Waals surface area contributed by atoms with E-state index in [1.807, 2.05) is 29.2 Å². The highest BCUT2D eigenvalue weighted by Crippen LogP contribution is 2.34. The number of benzene rings is 2. The molecule has 0 radical (unpaired) electrons. The van der Waals surface area contributed by atoms with Crippen LogP contribution < -0.4 is 10.2 Å². The fourth-order valence-corrected chi connectivity index (χ4v) is 8.46. The van der Waals surface area contributed by atoms with E-state index in [1.54, 1.807) is 0 Å². The van der Waals surface area contributed by atoms with Gasteiger partial charge in [-0.25, -0.2) is 8.42 Å². The first kappa shape index (κ1) is 23.2. The number of nitrogens with one attached hydrogen (secondary N) is 1. The van der Waals surface area contributed by atoms with Gasteiger partial charge < -0.3 is 15.1 Å². The van der Waals surface area contributed by atoms with Gasteiger partial charge in [0.1, 0.15) is 0 Å². The first-order chi connectivity index (χ1) is 16.3. The van der Waals surface area contributed by atoms with Gasteiger partial charge in [-0.3, -0.25) is 9.79 Å². The molecule has 34 heavy (non-hydrogen) atoms. The minimum absolute atomic E-state index is 0.0275. The van der Waals surface area contributed by atoms with Gasteiger partial charge in [0.15, 0.2) is 15.0 Å². The molecule has 5 rings (SSSR count). The molecule has 0 spiro atoms. The Labute approximate surface area is 205 Å². The van der Waals surface area contributed by atoms with E-state index in [-0.39, 0.29) is 28.7 Å². The van der Waals surface area contributed by atoms with Crippen molar-refractivity contribution in [2.75, 3.05) is 47.9 Å². The van der Waals surface area contributed by atoms with E-state index >= 15 is 0 Å². The normalized spacial score (nSPS) is 23.5.